The monoisotopic (exact) mass is 353 g/mol. The van der Waals surface area contributed by atoms with E-state index in [1.165, 1.54) is 23.2 Å². The van der Waals surface area contributed by atoms with Gasteiger partial charge in [-0.1, -0.05) is 12.1 Å². The number of nitrogens with one attached hydrogen (secondary N) is 2. The fraction of sp³-hybridized carbons (Fsp3) is 0.381. The van der Waals surface area contributed by atoms with E-state index in [1.807, 2.05) is 24.3 Å². The number of aryl methyl sites for hydroxylation is 1. The molecule has 1 aliphatic rings. The number of urea groups is 1. The van der Waals surface area contributed by atoms with E-state index >= 15 is 0 Å². The summed E-state index contributed by atoms with van der Waals surface area (Å²) in [6.07, 6.45) is 3.19. The highest BCUT2D eigenvalue weighted by Gasteiger charge is 2.15. The number of hydrogen-bond donors (Lipinski definition) is 2. The molecule has 2 aromatic carbocycles. The van der Waals surface area contributed by atoms with Crippen molar-refractivity contribution in [3.8, 4) is 5.75 Å². The van der Waals surface area contributed by atoms with Gasteiger partial charge < -0.3 is 20.3 Å². The summed E-state index contributed by atoms with van der Waals surface area (Å²) >= 11 is 0. The van der Waals surface area contributed by atoms with Crippen molar-refractivity contribution in [3.63, 3.8) is 0 Å². The Kier molecular flexibility index (Phi) is 6.00. The molecule has 5 heteroatoms. The van der Waals surface area contributed by atoms with Gasteiger partial charge >= 0.3 is 6.03 Å². The van der Waals surface area contributed by atoms with Gasteiger partial charge in [-0.05, 0) is 67.6 Å². The summed E-state index contributed by atoms with van der Waals surface area (Å²) in [6.45, 7) is 5.02. The summed E-state index contributed by atoms with van der Waals surface area (Å²) < 4.78 is 5.11. The number of methoxy groups -OCH3 is 1. The number of hydrogen-bond acceptors (Lipinski definition) is 3. The predicted octanol–water partition coefficient (Wildman–Crippen LogP) is 3.83. The van der Waals surface area contributed by atoms with Crippen LogP contribution in [-0.4, -0.2) is 32.8 Å². The first-order valence-electron chi connectivity index (χ1n) is 9.25. The molecule has 2 aromatic rings. The molecule has 1 heterocycles. The SMILES string of the molecule is CCN1CCCc2cc(CCNC(=O)Nc3ccc(OC)cc3)ccc21. The number of ether oxygens (including phenoxy) is 1. The standard InChI is InChI=1S/C21H27N3O2/c1-3-24-14-4-5-17-15-16(6-11-20(17)24)12-13-22-21(25)23-18-7-9-19(26-2)10-8-18/h6-11,15H,3-5,12-14H2,1-2H3,(H2,22,23,25). The Morgan fingerprint density at radius 2 is 2.00 bits per heavy atom. The van der Waals surface area contributed by atoms with Crippen LogP contribution < -0.4 is 20.3 Å². The number of amides is 2. The largest absolute Gasteiger partial charge is 0.497 e. The minimum Gasteiger partial charge on any atom is -0.497 e. The van der Waals surface area contributed by atoms with Crippen LogP contribution in [0.4, 0.5) is 16.2 Å². The molecule has 26 heavy (non-hydrogen) atoms. The Labute approximate surface area is 155 Å². The molecule has 3 rings (SSSR count). The second-order valence-electron chi connectivity index (χ2n) is 6.51. The quantitative estimate of drug-likeness (QED) is 0.830. The number of fused-ring (bicyclic) bond motifs is 1. The van der Waals surface area contributed by atoms with Gasteiger partial charge in [0, 0.05) is 31.0 Å². The van der Waals surface area contributed by atoms with Gasteiger partial charge in [0.05, 0.1) is 7.11 Å². The summed E-state index contributed by atoms with van der Waals surface area (Å²) in [6, 6.07) is 13.8. The molecule has 0 aliphatic carbocycles. The van der Waals surface area contributed by atoms with Crippen LogP contribution in [0.5, 0.6) is 5.75 Å². The van der Waals surface area contributed by atoms with Crippen LogP contribution in [0.3, 0.4) is 0 Å². The summed E-state index contributed by atoms with van der Waals surface area (Å²) in [7, 11) is 1.62. The van der Waals surface area contributed by atoms with Crippen molar-refractivity contribution >= 4 is 17.4 Å². The maximum atomic E-state index is 12.0. The molecule has 0 spiro atoms. The van der Waals surface area contributed by atoms with Crippen LogP contribution in [-0.2, 0) is 12.8 Å². The van der Waals surface area contributed by atoms with Crippen LogP contribution in [0.1, 0.15) is 24.5 Å². The van der Waals surface area contributed by atoms with Gasteiger partial charge in [0.1, 0.15) is 5.75 Å². The van der Waals surface area contributed by atoms with Crippen LogP contribution in [0.15, 0.2) is 42.5 Å². The van der Waals surface area contributed by atoms with Crippen molar-refractivity contribution < 1.29 is 9.53 Å². The fourth-order valence-electron chi connectivity index (χ4n) is 3.38. The molecule has 2 N–H and O–H groups in total. The second kappa shape index (κ2) is 8.61. The second-order valence-corrected chi connectivity index (χ2v) is 6.51. The molecule has 0 unspecified atom stereocenters. The molecular weight excluding hydrogens is 326 g/mol. The van der Waals surface area contributed by atoms with E-state index in [0.29, 0.717) is 6.54 Å². The van der Waals surface area contributed by atoms with Crippen LogP contribution in [0, 0.1) is 0 Å². The predicted molar refractivity (Wildman–Crippen MR) is 106 cm³/mol. The Balaban J connectivity index is 1.49. The van der Waals surface area contributed by atoms with Gasteiger partial charge in [0.25, 0.3) is 0 Å². The Morgan fingerprint density at radius 3 is 2.73 bits per heavy atom. The highest BCUT2D eigenvalue weighted by atomic mass is 16.5. The molecule has 0 saturated heterocycles. The summed E-state index contributed by atoms with van der Waals surface area (Å²) in [5.74, 6) is 0.769. The third-order valence-electron chi connectivity index (χ3n) is 4.79. The van der Waals surface area contributed by atoms with E-state index in [4.69, 9.17) is 4.74 Å². The maximum absolute atomic E-state index is 12.0. The fourth-order valence-corrected chi connectivity index (χ4v) is 3.38. The number of benzene rings is 2. The van der Waals surface area contributed by atoms with Crippen molar-refractivity contribution in [2.45, 2.75) is 26.2 Å². The van der Waals surface area contributed by atoms with Crippen molar-refractivity contribution in [2.24, 2.45) is 0 Å². The zero-order valence-electron chi connectivity index (χ0n) is 15.5. The van der Waals surface area contributed by atoms with Gasteiger partial charge in [0.15, 0.2) is 0 Å². The molecular formula is C21H27N3O2. The van der Waals surface area contributed by atoms with Crippen molar-refractivity contribution in [3.05, 3.63) is 53.6 Å². The van der Waals surface area contributed by atoms with E-state index < -0.39 is 0 Å². The van der Waals surface area contributed by atoms with Crippen LogP contribution in [0.25, 0.3) is 0 Å². The van der Waals surface area contributed by atoms with Crippen molar-refractivity contribution in [2.75, 3.05) is 37.0 Å². The first-order valence-corrected chi connectivity index (χ1v) is 9.25. The van der Waals surface area contributed by atoms with Crippen LogP contribution >= 0.6 is 0 Å². The Hall–Kier alpha value is -2.69. The third-order valence-corrected chi connectivity index (χ3v) is 4.79. The van der Waals surface area contributed by atoms with E-state index in [1.54, 1.807) is 7.11 Å². The molecule has 0 bridgehead atoms. The molecule has 1 aliphatic heterocycles. The van der Waals surface area contributed by atoms with E-state index in [-0.39, 0.29) is 6.03 Å². The van der Waals surface area contributed by atoms with Crippen LogP contribution in [0.2, 0.25) is 0 Å². The number of carbonyl (C=O) groups excluding carboxylic acids is 1. The zero-order chi connectivity index (χ0) is 18.4. The lowest BCUT2D eigenvalue weighted by atomic mass is 9.98. The molecule has 0 atom stereocenters. The molecule has 0 fully saturated rings. The summed E-state index contributed by atoms with van der Waals surface area (Å²) in [5, 5.41) is 5.75. The number of rotatable bonds is 6. The average molecular weight is 353 g/mol. The molecule has 0 aromatic heterocycles. The smallest absolute Gasteiger partial charge is 0.319 e. The van der Waals surface area contributed by atoms with E-state index in [9.17, 15) is 4.79 Å². The lowest BCUT2D eigenvalue weighted by molar-refractivity contribution is 0.252. The minimum absolute atomic E-state index is 0.190. The van der Waals surface area contributed by atoms with E-state index in [2.05, 4.69) is 40.7 Å². The molecule has 0 saturated carbocycles. The highest BCUT2D eigenvalue weighted by Crippen LogP contribution is 2.27. The Morgan fingerprint density at radius 1 is 1.19 bits per heavy atom. The number of nitrogens with zero attached hydrogens (tertiary/aromatic N) is 1. The summed E-state index contributed by atoms with van der Waals surface area (Å²) in [4.78, 5) is 14.4. The Bertz CT molecular complexity index is 743. The summed E-state index contributed by atoms with van der Waals surface area (Å²) in [5.41, 5.74) is 4.81. The van der Waals surface area contributed by atoms with Gasteiger partial charge in [0.2, 0.25) is 0 Å². The van der Waals surface area contributed by atoms with E-state index in [0.717, 1.165) is 37.4 Å². The minimum atomic E-state index is -0.190. The maximum Gasteiger partial charge on any atom is 0.319 e. The average Bonchev–Trinajstić information content (AvgIpc) is 2.68. The zero-order valence-corrected chi connectivity index (χ0v) is 15.5. The van der Waals surface area contributed by atoms with Crippen molar-refractivity contribution in [1.29, 1.82) is 0 Å². The molecule has 5 nitrogen and oxygen atoms in total. The number of anilines is 2. The lowest BCUT2D eigenvalue weighted by Crippen LogP contribution is -2.30. The first-order chi connectivity index (χ1) is 12.7. The molecule has 2 amide bonds. The van der Waals surface area contributed by atoms with Gasteiger partial charge in [-0.15, -0.1) is 0 Å². The molecule has 0 radical (unpaired) electrons. The molecule has 138 valence electrons. The lowest BCUT2D eigenvalue weighted by Gasteiger charge is -2.30. The topological polar surface area (TPSA) is 53.6 Å². The van der Waals surface area contributed by atoms with Gasteiger partial charge in [-0.25, -0.2) is 4.79 Å². The van der Waals surface area contributed by atoms with Gasteiger partial charge in [-0.2, -0.15) is 0 Å². The van der Waals surface area contributed by atoms with Gasteiger partial charge in [-0.3, -0.25) is 0 Å². The third kappa shape index (κ3) is 4.48. The van der Waals surface area contributed by atoms with Crippen molar-refractivity contribution in [1.82, 2.24) is 5.32 Å². The highest BCUT2D eigenvalue weighted by molar-refractivity contribution is 5.89. The number of carbonyl (C=O) groups is 1. The first kappa shape index (κ1) is 18.1. The normalized spacial score (nSPS) is 13.1.